The van der Waals surface area contributed by atoms with E-state index in [1.165, 1.54) is 11.1 Å². The number of carbonyl (C=O) groups excluding carboxylic acids is 1. The SMILES string of the molecule is O=C1NCN(c2ccccc2)C12CCN(CCC(c1ccccc1)c1ccccc1)CC2. The molecule has 2 aliphatic rings. The second-order valence-electron chi connectivity index (χ2n) is 8.96. The van der Waals surface area contributed by atoms with Gasteiger partial charge < -0.3 is 15.1 Å². The first-order valence-corrected chi connectivity index (χ1v) is 11.7. The molecular formula is C28H31N3O. The van der Waals surface area contributed by atoms with Crippen LogP contribution in [0.1, 0.15) is 36.3 Å². The molecule has 2 aliphatic heterocycles. The number of piperidine rings is 1. The highest BCUT2D eigenvalue weighted by Crippen LogP contribution is 2.36. The summed E-state index contributed by atoms with van der Waals surface area (Å²) in [4.78, 5) is 17.7. The van der Waals surface area contributed by atoms with Gasteiger partial charge in [-0.3, -0.25) is 4.79 Å². The number of hydrogen-bond acceptors (Lipinski definition) is 3. The van der Waals surface area contributed by atoms with E-state index in [0.29, 0.717) is 12.6 Å². The molecule has 5 rings (SSSR count). The highest BCUT2D eigenvalue weighted by atomic mass is 16.2. The molecule has 2 heterocycles. The third-order valence-corrected chi connectivity index (χ3v) is 7.23. The van der Waals surface area contributed by atoms with Crippen LogP contribution in [0.15, 0.2) is 91.0 Å². The number of nitrogens with zero attached hydrogens (tertiary/aromatic N) is 2. The third kappa shape index (κ3) is 4.03. The number of rotatable bonds is 6. The van der Waals surface area contributed by atoms with Crippen molar-refractivity contribution in [2.24, 2.45) is 0 Å². The number of likely N-dealkylation sites (tertiary alicyclic amines) is 1. The molecule has 3 aromatic carbocycles. The quantitative estimate of drug-likeness (QED) is 0.625. The van der Waals surface area contributed by atoms with Gasteiger partial charge in [0.1, 0.15) is 5.54 Å². The van der Waals surface area contributed by atoms with Gasteiger partial charge in [0, 0.05) is 24.7 Å². The Kier molecular flexibility index (Phi) is 5.95. The van der Waals surface area contributed by atoms with Crippen LogP contribution in [0.25, 0.3) is 0 Å². The number of nitrogens with one attached hydrogen (secondary N) is 1. The van der Waals surface area contributed by atoms with Crippen molar-refractivity contribution < 1.29 is 4.79 Å². The van der Waals surface area contributed by atoms with Crippen LogP contribution >= 0.6 is 0 Å². The molecule has 1 amide bonds. The Morgan fingerprint density at radius 2 is 1.31 bits per heavy atom. The number of anilines is 1. The van der Waals surface area contributed by atoms with Crippen molar-refractivity contribution in [3.63, 3.8) is 0 Å². The topological polar surface area (TPSA) is 35.6 Å². The van der Waals surface area contributed by atoms with Gasteiger partial charge in [-0.2, -0.15) is 0 Å². The van der Waals surface area contributed by atoms with E-state index in [-0.39, 0.29) is 5.91 Å². The first-order valence-electron chi connectivity index (χ1n) is 11.7. The second-order valence-corrected chi connectivity index (χ2v) is 8.96. The van der Waals surface area contributed by atoms with E-state index in [2.05, 4.69) is 87.9 Å². The molecule has 1 spiro atoms. The van der Waals surface area contributed by atoms with Crippen LogP contribution in [-0.4, -0.2) is 42.6 Å². The Morgan fingerprint density at radius 3 is 1.88 bits per heavy atom. The zero-order chi connectivity index (χ0) is 21.8. The van der Waals surface area contributed by atoms with Gasteiger partial charge in [-0.25, -0.2) is 0 Å². The molecule has 2 saturated heterocycles. The highest BCUT2D eigenvalue weighted by Gasteiger charge is 2.50. The lowest BCUT2D eigenvalue weighted by atomic mass is 9.84. The summed E-state index contributed by atoms with van der Waals surface area (Å²) >= 11 is 0. The molecule has 0 atom stereocenters. The second kappa shape index (κ2) is 9.17. The summed E-state index contributed by atoms with van der Waals surface area (Å²) in [7, 11) is 0. The third-order valence-electron chi connectivity index (χ3n) is 7.23. The van der Waals surface area contributed by atoms with Crippen molar-refractivity contribution in [3.8, 4) is 0 Å². The fraction of sp³-hybridized carbons (Fsp3) is 0.321. The van der Waals surface area contributed by atoms with E-state index in [4.69, 9.17) is 0 Å². The van der Waals surface area contributed by atoms with Crippen LogP contribution in [-0.2, 0) is 4.79 Å². The molecule has 4 nitrogen and oxygen atoms in total. The standard InChI is InChI=1S/C28H31N3O/c32-27-28(31(22-29-27)25-14-8-3-9-15-25)17-20-30(21-18-28)19-16-26(23-10-4-1-5-11-23)24-12-6-2-7-13-24/h1-15,26H,16-22H2,(H,29,32). The average molecular weight is 426 g/mol. The van der Waals surface area contributed by atoms with Crippen LogP contribution in [0.3, 0.4) is 0 Å². The van der Waals surface area contributed by atoms with E-state index in [0.717, 1.165) is 44.6 Å². The smallest absolute Gasteiger partial charge is 0.247 e. The Balaban J connectivity index is 1.27. The summed E-state index contributed by atoms with van der Waals surface area (Å²) in [6.45, 7) is 3.55. The van der Waals surface area contributed by atoms with Crippen molar-refractivity contribution in [3.05, 3.63) is 102 Å². The maximum atomic E-state index is 12.9. The predicted octanol–water partition coefficient (Wildman–Crippen LogP) is 4.64. The first kappa shape index (κ1) is 20.8. The molecule has 0 unspecified atom stereocenters. The lowest BCUT2D eigenvalue weighted by Gasteiger charge is -2.43. The number of amides is 1. The normalized spacial score (nSPS) is 18.3. The van der Waals surface area contributed by atoms with Crippen LogP contribution in [0.5, 0.6) is 0 Å². The van der Waals surface area contributed by atoms with Crippen molar-refractivity contribution in [1.82, 2.24) is 10.2 Å². The van der Waals surface area contributed by atoms with E-state index in [1.807, 2.05) is 18.2 Å². The molecule has 0 aromatic heterocycles. The molecular weight excluding hydrogens is 394 g/mol. The van der Waals surface area contributed by atoms with Crippen molar-refractivity contribution in [2.75, 3.05) is 31.2 Å². The molecule has 164 valence electrons. The van der Waals surface area contributed by atoms with Crippen LogP contribution in [0, 0.1) is 0 Å². The summed E-state index contributed by atoms with van der Waals surface area (Å²) < 4.78 is 0. The molecule has 1 N–H and O–H groups in total. The van der Waals surface area contributed by atoms with Crippen LogP contribution in [0.4, 0.5) is 5.69 Å². The van der Waals surface area contributed by atoms with Gasteiger partial charge in [-0.15, -0.1) is 0 Å². The van der Waals surface area contributed by atoms with Gasteiger partial charge >= 0.3 is 0 Å². The Bertz CT molecular complexity index is 975. The largest absolute Gasteiger partial charge is 0.339 e. The lowest BCUT2D eigenvalue weighted by Crippen LogP contribution is -2.56. The maximum absolute atomic E-state index is 12.9. The predicted molar refractivity (Wildman–Crippen MR) is 130 cm³/mol. The number of benzene rings is 3. The number of carbonyl (C=O) groups is 1. The van der Waals surface area contributed by atoms with Crippen molar-refractivity contribution in [1.29, 1.82) is 0 Å². The summed E-state index contributed by atoms with van der Waals surface area (Å²) in [6, 6.07) is 32.0. The summed E-state index contributed by atoms with van der Waals surface area (Å²) in [6.07, 6.45) is 2.82. The monoisotopic (exact) mass is 425 g/mol. The summed E-state index contributed by atoms with van der Waals surface area (Å²) in [5.74, 6) is 0.580. The summed E-state index contributed by atoms with van der Waals surface area (Å²) in [5.41, 5.74) is 3.47. The fourth-order valence-corrected chi connectivity index (χ4v) is 5.39. The van der Waals surface area contributed by atoms with Gasteiger partial charge in [-0.1, -0.05) is 78.9 Å². The molecule has 4 heteroatoms. The lowest BCUT2D eigenvalue weighted by molar-refractivity contribution is -0.125. The Morgan fingerprint density at radius 1 is 0.781 bits per heavy atom. The highest BCUT2D eigenvalue weighted by molar-refractivity contribution is 5.93. The minimum absolute atomic E-state index is 0.187. The molecule has 32 heavy (non-hydrogen) atoms. The molecule has 0 radical (unpaired) electrons. The van der Waals surface area contributed by atoms with E-state index in [1.54, 1.807) is 0 Å². The molecule has 0 saturated carbocycles. The maximum Gasteiger partial charge on any atom is 0.247 e. The van der Waals surface area contributed by atoms with Gasteiger partial charge in [0.15, 0.2) is 0 Å². The number of para-hydroxylation sites is 1. The Hall–Kier alpha value is -3.11. The fourth-order valence-electron chi connectivity index (χ4n) is 5.39. The zero-order valence-electron chi connectivity index (χ0n) is 18.5. The molecule has 0 bridgehead atoms. The Labute approximate surface area is 190 Å². The average Bonchev–Trinajstić information content (AvgIpc) is 3.17. The minimum Gasteiger partial charge on any atom is -0.339 e. The van der Waals surface area contributed by atoms with E-state index >= 15 is 0 Å². The van der Waals surface area contributed by atoms with Gasteiger partial charge in [0.25, 0.3) is 0 Å². The number of hydrogen-bond donors (Lipinski definition) is 1. The molecule has 2 fully saturated rings. The van der Waals surface area contributed by atoms with E-state index < -0.39 is 5.54 Å². The summed E-state index contributed by atoms with van der Waals surface area (Å²) in [5, 5.41) is 3.11. The van der Waals surface area contributed by atoms with Gasteiger partial charge in [0.05, 0.1) is 6.67 Å². The van der Waals surface area contributed by atoms with Crippen molar-refractivity contribution in [2.45, 2.75) is 30.7 Å². The minimum atomic E-state index is -0.407. The first-order chi connectivity index (χ1) is 15.8. The zero-order valence-corrected chi connectivity index (χ0v) is 18.5. The molecule has 0 aliphatic carbocycles. The van der Waals surface area contributed by atoms with Crippen molar-refractivity contribution >= 4 is 11.6 Å². The van der Waals surface area contributed by atoms with Gasteiger partial charge in [-0.05, 0) is 49.1 Å². The van der Waals surface area contributed by atoms with Crippen LogP contribution in [0.2, 0.25) is 0 Å². The van der Waals surface area contributed by atoms with E-state index in [9.17, 15) is 4.79 Å². The van der Waals surface area contributed by atoms with Gasteiger partial charge in [0.2, 0.25) is 5.91 Å². The van der Waals surface area contributed by atoms with Crippen LogP contribution < -0.4 is 10.2 Å². The molecule has 3 aromatic rings.